The van der Waals surface area contributed by atoms with Gasteiger partial charge in [0, 0.05) is 6.54 Å². The molecule has 0 radical (unpaired) electrons. The number of amides is 2. The second-order valence-corrected chi connectivity index (χ2v) is 5.83. The van der Waals surface area contributed by atoms with E-state index in [2.05, 4.69) is 16.0 Å². The molecule has 118 valence electrons. The average Bonchev–Trinajstić information content (AvgIpc) is 3.01. The van der Waals surface area contributed by atoms with Crippen molar-refractivity contribution in [2.45, 2.75) is 25.9 Å². The summed E-state index contributed by atoms with van der Waals surface area (Å²) in [5.41, 5.74) is 1.02. The van der Waals surface area contributed by atoms with Crippen molar-refractivity contribution >= 4 is 17.5 Å². The highest BCUT2D eigenvalue weighted by Gasteiger charge is 2.27. The summed E-state index contributed by atoms with van der Waals surface area (Å²) in [7, 11) is 0. The number of ether oxygens (including phenoxy) is 1. The fourth-order valence-electron chi connectivity index (χ4n) is 2.85. The molecule has 2 aliphatic rings. The van der Waals surface area contributed by atoms with Gasteiger partial charge in [0.2, 0.25) is 0 Å². The molecule has 0 saturated carbocycles. The second-order valence-electron chi connectivity index (χ2n) is 5.83. The molecule has 0 spiro atoms. The van der Waals surface area contributed by atoms with Crippen LogP contribution in [-0.4, -0.2) is 37.6 Å². The maximum atomic E-state index is 12.4. The summed E-state index contributed by atoms with van der Waals surface area (Å²) in [6, 6.07) is 5.20. The van der Waals surface area contributed by atoms with E-state index in [-0.39, 0.29) is 11.8 Å². The summed E-state index contributed by atoms with van der Waals surface area (Å²) >= 11 is 0. The molecule has 0 bridgehead atoms. The number of para-hydroxylation sites is 1. The van der Waals surface area contributed by atoms with Gasteiger partial charge in [0.1, 0.15) is 0 Å². The Labute approximate surface area is 129 Å². The highest BCUT2D eigenvalue weighted by molar-refractivity contribution is 6.03. The summed E-state index contributed by atoms with van der Waals surface area (Å²) in [6.07, 6.45) is 1.55. The Morgan fingerprint density at radius 1 is 1.45 bits per heavy atom. The van der Waals surface area contributed by atoms with E-state index in [0.29, 0.717) is 29.5 Å². The third-order valence-corrected chi connectivity index (χ3v) is 4.18. The molecule has 3 N–H and O–H groups in total. The number of benzene rings is 1. The molecular formula is C16H21N3O3. The van der Waals surface area contributed by atoms with Gasteiger partial charge in [0.15, 0.2) is 11.9 Å². The zero-order chi connectivity index (χ0) is 15.5. The summed E-state index contributed by atoms with van der Waals surface area (Å²) in [5.74, 6) is 0.736. The average molecular weight is 303 g/mol. The zero-order valence-corrected chi connectivity index (χ0v) is 12.6. The van der Waals surface area contributed by atoms with Crippen LogP contribution in [-0.2, 0) is 4.79 Å². The van der Waals surface area contributed by atoms with E-state index in [0.717, 1.165) is 19.5 Å². The molecule has 2 heterocycles. The largest absolute Gasteiger partial charge is 0.478 e. The van der Waals surface area contributed by atoms with E-state index in [1.807, 2.05) is 0 Å². The molecule has 6 nitrogen and oxygen atoms in total. The second kappa shape index (κ2) is 6.36. The highest BCUT2D eigenvalue weighted by atomic mass is 16.5. The Morgan fingerprint density at radius 2 is 2.32 bits per heavy atom. The standard InChI is InChI=1S/C16H21N3O3/c1-10-15(20)19-13-4-2-3-12(14(13)22-10)16(21)18-8-6-11-5-7-17-9-11/h2-4,10-11,17H,5-9H2,1H3,(H,18,21)(H,19,20). The van der Waals surface area contributed by atoms with Crippen molar-refractivity contribution in [3.63, 3.8) is 0 Å². The van der Waals surface area contributed by atoms with Gasteiger partial charge in [0.05, 0.1) is 11.3 Å². The van der Waals surface area contributed by atoms with Crippen molar-refractivity contribution in [1.82, 2.24) is 10.6 Å². The highest BCUT2D eigenvalue weighted by Crippen LogP contribution is 2.33. The number of fused-ring (bicyclic) bond motifs is 1. The maximum absolute atomic E-state index is 12.4. The van der Waals surface area contributed by atoms with Crippen LogP contribution in [0.2, 0.25) is 0 Å². The van der Waals surface area contributed by atoms with Gasteiger partial charge in [-0.3, -0.25) is 9.59 Å². The summed E-state index contributed by atoms with van der Waals surface area (Å²) in [5, 5.41) is 9.02. The smallest absolute Gasteiger partial charge is 0.265 e. The Balaban J connectivity index is 1.65. The lowest BCUT2D eigenvalue weighted by Crippen LogP contribution is -2.36. The van der Waals surface area contributed by atoms with Crippen LogP contribution in [0.1, 0.15) is 30.1 Å². The molecule has 22 heavy (non-hydrogen) atoms. The zero-order valence-electron chi connectivity index (χ0n) is 12.6. The first-order valence-electron chi connectivity index (χ1n) is 7.74. The van der Waals surface area contributed by atoms with Crippen molar-refractivity contribution in [2.24, 2.45) is 5.92 Å². The molecule has 1 saturated heterocycles. The van der Waals surface area contributed by atoms with Crippen molar-refractivity contribution < 1.29 is 14.3 Å². The first-order valence-corrected chi connectivity index (χ1v) is 7.74. The molecule has 1 aromatic rings. The number of anilines is 1. The Bertz CT molecular complexity index is 582. The van der Waals surface area contributed by atoms with E-state index in [1.165, 1.54) is 6.42 Å². The maximum Gasteiger partial charge on any atom is 0.265 e. The third kappa shape index (κ3) is 3.06. The van der Waals surface area contributed by atoms with Crippen molar-refractivity contribution in [3.8, 4) is 5.75 Å². The van der Waals surface area contributed by atoms with Gasteiger partial charge in [-0.25, -0.2) is 0 Å². The first-order chi connectivity index (χ1) is 10.6. The molecule has 1 aromatic carbocycles. The molecule has 2 atom stereocenters. The number of nitrogens with one attached hydrogen (secondary N) is 3. The quantitative estimate of drug-likeness (QED) is 0.779. The molecule has 6 heteroatoms. The van der Waals surface area contributed by atoms with Gasteiger partial charge in [0.25, 0.3) is 11.8 Å². The van der Waals surface area contributed by atoms with E-state index < -0.39 is 6.10 Å². The normalized spacial score (nSPS) is 23.4. The third-order valence-electron chi connectivity index (χ3n) is 4.18. The monoisotopic (exact) mass is 303 g/mol. The first kappa shape index (κ1) is 14.8. The molecule has 2 amide bonds. The fraction of sp³-hybridized carbons (Fsp3) is 0.500. The number of carbonyl (C=O) groups is 2. The van der Waals surface area contributed by atoms with Gasteiger partial charge in [-0.2, -0.15) is 0 Å². The number of hydrogen-bond acceptors (Lipinski definition) is 4. The van der Waals surface area contributed by atoms with E-state index >= 15 is 0 Å². The van der Waals surface area contributed by atoms with Crippen LogP contribution in [0.3, 0.4) is 0 Å². The van der Waals surface area contributed by atoms with E-state index in [9.17, 15) is 9.59 Å². The Morgan fingerprint density at radius 3 is 3.09 bits per heavy atom. The van der Waals surface area contributed by atoms with Crippen LogP contribution < -0.4 is 20.7 Å². The minimum atomic E-state index is -0.592. The van der Waals surface area contributed by atoms with Gasteiger partial charge in [-0.15, -0.1) is 0 Å². The van der Waals surface area contributed by atoms with Crippen molar-refractivity contribution in [2.75, 3.05) is 25.0 Å². The van der Waals surface area contributed by atoms with Crippen LogP contribution in [0.25, 0.3) is 0 Å². The predicted molar refractivity (Wildman–Crippen MR) is 83.1 cm³/mol. The SMILES string of the molecule is CC1Oc2c(cccc2C(=O)NCCC2CCNC2)NC1=O. The lowest BCUT2D eigenvalue weighted by Gasteiger charge is -2.25. The topological polar surface area (TPSA) is 79.5 Å². The predicted octanol–water partition coefficient (Wildman–Crippen LogP) is 1.14. The van der Waals surface area contributed by atoms with E-state index in [4.69, 9.17) is 4.74 Å². The molecular weight excluding hydrogens is 282 g/mol. The molecule has 3 rings (SSSR count). The van der Waals surface area contributed by atoms with Crippen LogP contribution in [0.15, 0.2) is 18.2 Å². The van der Waals surface area contributed by atoms with Gasteiger partial charge in [-0.05, 0) is 50.9 Å². The molecule has 1 fully saturated rings. The number of rotatable bonds is 4. The Hall–Kier alpha value is -2.08. The van der Waals surface area contributed by atoms with Crippen molar-refractivity contribution in [1.29, 1.82) is 0 Å². The lowest BCUT2D eigenvalue weighted by atomic mass is 10.0. The molecule has 2 unspecified atom stereocenters. The number of carbonyl (C=O) groups excluding carboxylic acids is 2. The minimum Gasteiger partial charge on any atom is -0.478 e. The lowest BCUT2D eigenvalue weighted by molar-refractivity contribution is -0.122. The van der Waals surface area contributed by atoms with E-state index in [1.54, 1.807) is 25.1 Å². The molecule has 0 aromatic heterocycles. The number of hydrogen-bond donors (Lipinski definition) is 3. The van der Waals surface area contributed by atoms with Gasteiger partial charge < -0.3 is 20.7 Å². The van der Waals surface area contributed by atoms with Crippen LogP contribution in [0.5, 0.6) is 5.75 Å². The summed E-state index contributed by atoms with van der Waals surface area (Å²) < 4.78 is 5.59. The fourth-order valence-corrected chi connectivity index (χ4v) is 2.85. The summed E-state index contributed by atoms with van der Waals surface area (Å²) in [6.45, 7) is 4.41. The van der Waals surface area contributed by atoms with Crippen LogP contribution in [0.4, 0.5) is 5.69 Å². The van der Waals surface area contributed by atoms with Crippen LogP contribution in [0, 0.1) is 5.92 Å². The minimum absolute atomic E-state index is 0.161. The van der Waals surface area contributed by atoms with Gasteiger partial charge >= 0.3 is 0 Å². The molecule has 2 aliphatic heterocycles. The Kier molecular flexibility index (Phi) is 4.29. The van der Waals surface area contributed by atoms with Gasteiger partial charge in [-0.1, -0.05) is 6.07 Å². The van der Waals surface area contributed by atoms with Crippen molar-refractivity contribution in [3.05, 3.63) is 23.8 Å². The summed E-state index contributed by atoms with van der Waals surface area (Å²) in [4.78, 5) is 24.0. The molecule has 0 aliphatic carbocycles. The van der Waals surface area contributed by atoms with Crippen LogP contribution >= 0.6 is 0 Å².